The molecule has 5 nitrogen and oxygen atoms in total. The molecule has 1 unspecified atom stereocenters. The third-order valence-electron chi connectivity index (χ3n) is 7.26. The van der Waals surface area contributed by atoms with E-state index in [1.807, 2.05) is 48.5 Å². The number of hydrogen-bond acceptors (Lipinski definition) is 4. The number of benzene rings is 5. The van der Waals surface area contributed by atoms with Gasteiger partial charge in [-0.25, -0.2) is 9.98 Å². The Morgan fingerprint density at radius 2 is 1.37 bits per heavy atom. The Labute approximate surface area is 218 Å². The lowest BCUT2D eigenvalue weighted by atomic mass is 10.1. The van der Waals surface area contributed by atoms with E-state index in [9.17, 15) is 0 Å². The Hall–Kier alpha value is -5.16. The minimum atomic E-state index is -0.376. The van der Waals surface area contributed by atoms with Crippen molar-refractivity contribution in [1.82, 2.24) is 14.9 Å². The highest BCUT2D eigenvalue weighted by Crippen LogP contribution is 2.38. The van der Waals surface area contributed by atoms with Crippen molar-refractivity contribution in [2.75, 3.05) is 0 Å². The summed E-state index contributed by atoms with van der Waals surface area (Å²) in [6.07, 6.45) is -0.376. The van der Waals surface area contributed by atoms with Crippen LogP contribution in [0.4, 0.5) is 0 Å². The van der Waals surface area contributed by atoms with Crippen LogP contribution in [0.5, 0.6) is 0 Å². The lowest BCUT2D eigenvalue weighted by Gasteiger charge is -2.25. The number of hydrogen-bond donors (Lipinski definition) is 1. The molecule has 0 radical (unpaired) electrons. The summed E-state index contributed by atoms with van der Waals surface area (Å²) in [5, 5.41) is 8.07. The predicted octanol–water partition coefficient (Wildman–Crippen LogP) is 6.14. The summed E-state index contributed by atoms with van der Waals surface area (Å²) in [6, 6.07) is 41.4. The largest absolute Gasteiger partial charge is 0.434 e. The highest BCUT2D eigenvalue weighted by Gasteiger charge is 2.25. The number of aromatic nitrogens is 2. The molecule has 5 aromatic carbocycles. The minimum Gasteiger partial charge on any atom is -0.434 e. The van der Waals surface area contributed by atoms with Crippen LogP contribution in [0.2, 0.25) is 0 Å². The van der Waals surface area contributed by atoms with Gasteiger partial charge in [-0.15, -0.1) is 0 Å². The standard InChI is InChI=1S/C33H22N4O/c1-3-11-21(12-4-1)29-25-16-7-9-17-26(25)35-33(36-29)37-28-18-10-8-15-23(28)24-19-20-27-31(30(24)37)38-32(34-27)22-13-5-2-6-14-22/h1-20,33,36H. The fraction of sp³-hybridized carbons (Fsp3) is 0.0303. The molecule has 7 aromatic rings. The SMILES string of the molecule is c1ccc(C2=c3ccccc3=NC(n3c4ccccc4c4ccc5nc(-c6ccccc6)oc5c43)N2)cc1. The second-order valence-corrected chi connectivity index (χ2v) is 9.49. The Kier molecular flexibility index (Phi) is 4.52. The van der Waals surface area contributed by atoms with Crippen LogP contribution in [0, 0.1) is 0 Å². The smallest absolute Gasteiger partial charge is 0.227 e. The van der Waals surface area contributed by atoms with Gasteiger partial charge in [0.15, 0.2) is 5.58 Å². The molecule has 1 atom stereocenters. The first-order chi connectivity index (χ1) is 18.8. The van der Waals surface area contributed by atoms with E-state index < -0.39 is 0 Å². The first-order valence-corrected chi connectivity index (χ1v) is 12.7. The molecular weight excluding hydrogens is 468 g/mol. The number of nitrogens with zero attached hydrogens (tertiary/aromatic N) is 3. The van der Waals surface area contributed by atoms with Crippen molar-refractivity contribution in [3.8, 4) is 11.5 Å². The maximum Gasteiger partial charge on any atom is 0.227 e. The average molecular weight is 491 g/mol. The number of nitrogens with one attached hydrogen (secondary N) is 1. The second-order valence-electron chi connectivity index (χ2n) is 9.49. The quantitative estimate of drug-likeness (QED) is 0.324. The van der Waals surface area contributed by atoms with Gasteiger partial charge in [0.1, 0.15) is 5.52 Å². The topological polar surface area (TPSA) is 55.4 Å². The van der Waals surface area contributed by atoms with Crippen LogP contribution in [0.15, 0.2) is 131 Å². The van der Waals surface area contributed by atoms with Crippen molar-refractivity contribution in [3.05, 3.63) is 137 Å². The van der Waals surface area contributed by atoms with E-state index in [1.54, 1.807) is 0 Å². The Bertz CT molecular complexity index is 2110. The van der Waals surface area contributed by atoms with Gasteiger partial charge in [-0.05, 0) is 42.0 Å². The first-order valence-electron chi connectivity index (χ1n) is 12.7. The van der Waals surface area contributed by atoms with Crippen molar-refractivity contribution in [2.24, 2.45) is 4.99 Å². The second kappa shape index (κ2) is 8.18. The number of fused-ring (bicyclic) bond motifs is 6. The summed E-state index contributed by atoms with van der Waals surface area (Å²) < 4.78 is 8.76. The van der Waals surface area contributed by atoms with Crippen molar-refractivity contribution in [2.45, 2.75) is 6.29 Å². The fourth-order valence-corrected chi connectivity index (χ4v) is 5.56. The minimum absolute atomic E-state index is 0.376. The van der Waals surface area contributed by atoms with Crippen molar-refractivity contribution >= 4 is 38.6 Å². The molecule has 0 aliphatic carbocycles. The van der Waals surface area contributed by atoms with Crippen molar-refractivity contribution in [3.63, 3.8) is 0 Å². The van der Waals surface area contributed by atoms with Gasteiger partial charge in [0, 0.05) is 21.6 Å². The van der Waals surface area contributed by atoms with Gasteiger partial charge >= 0.3 is 0 Å². The summed E-state index contributed by atoms with van der Waals surface area (Å²) in [5.74, 6) is 0.611. The summed E-state index contributed by atoms with van der Waals surface area (Å²) in [4.78, 5) is 10.1. The van der Waals surface area contributed by atoms with Gasteiger partial charge in [0.2, 0.25) is 12.2 Å². The maximum atomic E-state index is 6.50. The molecule has 0 amide bonds. The van der Waals surface area contributed by atoms with E-state index in [2.05, 4.69) is 82.7 Å². The van der Waals surface area contributed by atoms with Crippen LogP contribution in [-0.2, 0) is 0 Å². The van der Waals surface area contributed by atoms with E-state index >= 15 is 0 Å². The molecule has 0 saturated carbocycles. The molecule has 8 rings (SSSR count). The zero-order chi connectivity index (χ0) is 25.1. The molecule has 0 saturated heterocycles. The monoisotopic (exact) mass is 490 g/mol. The Balaban J connectivity index is 1.43. The van der Waals surface area contributed by atoms with E-state index in [0.29, 0.717) is 5.89 Å². The van der Waals surface area contributed by atoms with Crippen LogP contribution in [0.25, 0.3) is 50.1 Å². The van der Waals surface area contributed by atoms with Crippen LogP contribution < -0.4 is 15.9 Å². The fourth-order valence-electron chi connectivity index (χ4n) is 5.56. The molecule has 0 bridgehead atoms. The highest BCUT2D eigenvalue weighted by molar-refractivity contribution is 6.15. The Morgan fingerprint density at radius 3 is 2.21 bits per heavy atom. The highest BCUT2D eigenvalue weighted by atomic mass is 16.3. The van der Waals surface area contributed by atoms with Crippen LogP contribution in [-0.4, -0.2) is 9.55 Å². The number of rotatable bonds is 3. The third-order valence-corrected chi connectivity index (χ3v) is 7.26. The molecule has 2 aromatic heterocycles. The first kappa shape index (κ1) is 21.0. The molecule has 0 spiro atoms. The van der Waals surface area contributed by atoms with Gasteiger partial charge in [-0.1, -0.05) is 84.9 Å². The molecule has 0 fully saturated rings. The van der Waals surface area contributed by atoms with Gasteiger partial charge in [0.25, 0.3) is 0 Å². The zero-order valence-corrected chi connectivity index (χ0v) is 20.4. The van der Waals surface area contributed by atoms with Crippen molar-refractivity contribution in [1.29, 1.82) is 0 Å². The van der Waals surface area contributed by atoms with Gasteiger partial charge in [0.05, 0.1) is 22.1 Å². The van der Waals surface area contributed by atoms with Crippen molar-refractivity contribution < 1.29 is 4.42 Å². The molecule has 180 valence electrons. The molecular formula is C33H22N4O. The van der Waals surface area contributed by atoms with Gasteiger partial charge < -0.3 is 9.73 Å². The summed E-state index contributed by atoms with van der Waals surface area (Å²) in [7, 11) is 0. The van der Waals surface area contributed by atoms with E-state index in [1.165, 1.54) is 0 Å². The van der Waals surface area contributed by atoms with E-state index in [4.69, 9.17) is 14.4 Å². The summed E-state index contributed by atoms with van der Waals surface area (Å²) in [5.41, 5.74) is 6.78. The normalized spacial score (nSPS) is 14.9. The molecule has 38 heavy (non-hydrogen) atoms. The van der Waals surface area contributed by atoms with Gasteiger partial charge in [-0.2, -0.15) is 0 Å². The predicted molar refractivity (Wildman–Crippen MR) is 151 cm³/mol. The van der Waals surface area contributed by atoms with Gasteiger partial charge in [-0.3, -0.25) is 4.57 Å². The van der Waals surface area contributed by atoms with E-state index in [0.717, 1.165) is 60.3 Å². The van der Waals surface area contributed by atoms with Crippen LogP contribution in [0.3, 0.4) is 0 Å². The van der Waals surface area contributed by atoms with Crippen LogP contribution in [0.1, 0.15) is 11.9 Å². The lowest BCUT2D eigenvalue weighted by Crippen LogP contribution is -2.41. The average Bonchev–Trinajstić information content (AvgIpc) is 3.57. The maximum absolute atomic E-state index is 6.50. The zero-order valence-electron chi connectivity index (χ0n) is 20.4. The summed E-state index contributed by atoms with van der Waals surface area (Å²) >= 11 is 0. The molecule has 1 aliphatic rings. The lowest BCUT2D eigenvalue weighted by molar-refractivity contribution is 0.488. The molecule has 1 N–H and O–H groups in total. The van der Waals surface area contributed by atoms with E-state index in [-0.39, 0.29) is 6.29 Å². The van der Waals surface area contributed by atoms with Crippen LogP contribution >= 0.6 is 0 Å². The number of para-hydroxylation sites is 2. The molecule has 3 heterocycles. The molecule has 5 heteroatoms. The third kappa shape index (κ3) is 3.12. The number of oxazole rings is 1. The summed E-state index contributed by atoms with van der Waals surface area (Å²) in [6.45, 7) is 0. The molecule has 1 aliphatic heterocycles. The Morgan fingerprint density at radius 1 is 0.658 bits per heavy atom.